The molecule has 2 aromatic heterocycles. The molecule has 0 spiro atoms. The van der Waals surface area contributed by atoms with Gasteiger partial charge in [0.25, 0.3) is 5.91 Å². The lowest BCUT2D eigenvalue weighted by Gasteiger charge is -2.36. The Labute approximate surface area is 185 Å². The van der Waals surface area contributed by atoms with Crippen molar-refractivity contribution in [1.29, 1.82) is 0 Å². The van der Waals surface area contributed by atoms with E-state index < -0.39 is 11.9 Å². The number of hydrogen-bond acceptors (Lipinski definition) is 3. The SMILES string of the molecule is CCc1ccccc1C(=O)NC1CCC(N(C)c2cccc3nc(C(F)(F)F)cn23)CC1. The Bertz CT molecular complexity index is 1100. The highest BCUT2D eigenvalue weighted by Crippen LogP contribution is 2.31. The number of hydrogen-bond donors (Lipinski definition) is 1. The Morgan fingerprint density at radius 1 is 1.12 bits per heavy atom. The van der Waals surface area contributed by atoms with Crippen molar-refractivity contribution in [3.63, 3.8) is 0 Å². The lowest BCUT2D eigenvalue weighted by Crippen LogP contribution is -2.43. The van der Waals surface area contributed by atoms with Gasteiger partial charge in [0.05, 0.1) is 0 Å². The van der Waals surface area contributed by atoms with E-state index >= 15 is 0 Å². The average Bonchev–Trinajstić information content (AvgIpc) is 3.24. The van der Waals surface area contributed by atoms with Crippen LogP contribution >= 0.6 is 0 Å². The number of anilines is 1. The highest BCUT2D eigenvalue weighted by molar-refractivity contribution is 5.95. The molecule has 0 atom stereocenters. The molecule has 1 aliphatic rings. The quantitative estimate of drug-likeness (QED) is 0.596. The maximum atomic E-state index is 13.1. The van der Waals surface area contributed by atoms with E-state index in [1.165, 1.54) is 4.40 Å². The first-order chi connectivity index (χ1) is 15.3. The minimum Gasteiger partial charge on any atom is -0.358 e. The van der Waals surface area contributed by atoms with Crippen molar-refractivity contribution in [2.45, 2.75) is 57.3 Å². The molecule has 32 heavy (non-hydrogen) atoms. The number of amides is 1. The molecule has 0 bridgehead atoms. The number of carbonyl (C=O) groups excluding carboxylic acids is 1. The fourth-order valence-electron chi connectivity index (χ4n) is 4.53. The summed E-state index contributed by atoms with van der Waals surface area (Å²) in [5.41, 5.74) is 1.14. The molecule has 0 radical (unpaired) electrons. The highest BCUT2D eigenvalue weighted by atomic mass is 19.4. The molecule has 8 heteroatoms. The van der Waals surface area contributed by atoms with E-state index in [1.807, 2.05) is 49.2 Å². The first-order valence-electron chi connectivity index (χ1n) is 10.9. The third-order valence-electron chi connectivity index (χ3n) is 6.34. The van der Waals surface area contributed by atoms with E-state index in [0.29, 0.717) is 5.82 Å². The second-order valence-corrected chi connectivity index (χ2v) is 8.34. The van der Waals surface area contributed by atoms with Crippen LogP contribution in [0.3, 0.4) is 0 Å². The fraction of sp³-hybridized carbons (Fsp3) is 0.417. The van der Waals surface area contributed by atoms with E-state index in [0.717, 1.165) is 49.4 Å². The van der Waals surface area contributed by atoms with Gasteiger partial charge in [-0.3, -0.25) is 9.20 Å². The summed E-state index contributed by atoms with van der Waals surface area (Å²) in [5.74, 6) is 0.636. The van der Waals surface area contributed by atoms with Crippen LogP contribution in [0, 0.1) is 0 Å². The first-order valence-corrected chi connectivity index (χ1v) is 10.9. The molecule has 1 aromatic carbocycles. The van der Waals surface area contributed by atoms with Gasteiger partial charge in [-0.25, -0.2) is 4.98 Å². The van der Waals surface area contributed by atoms with Crippen LogP contribution in [-0.4, -0.2) is 34.4 Å². The lowest BCUT2D eigenvalue weighted by atomic mass is 9.90. The van der Waals surface area contributed by atoms with Gasteiger partial charge < -0.3 is 10.2 Å². The second kappa shape index (κ2) is 8.84. The molecule has 170 valence electrons. The molecule has 1 amide bonds. The van der Waals surface area contributed by atoms with E-state index in [4.69, 9.17) is 0 Å². The maximum absolute atomic E-state index is 13.1. The minimum absolute atomic E-state index is 0.0397. The van der Waals surface area contributed by atoms with Gasteiger partial charge in [0, 0.05) is 30.9 Å². The number of rotatable bonds is 5. The van der Waals surface area contributed by atoms with Crippen molar-refractivity contribution in [3.05, 3.63) is 65.5 Å². The molecule has 1 aliphatic carbocycles. The largest absolute Gasteiger partial charge is 0.434 e. The number of pyridine rings is 1. The fourth-order valence-corrected chi connectivity index (χ4v) is 4.53. The number of halogens is 3. The van der Waals surface area contributed by atoms with Crippen molar-refractivity contribution < 1.29 is 18.0 Å². The third kappa shape index (κ3) is 4.45. The van der Waals surface area contributed by atoms with E-state index in [-0.39, 0.29) is 23.6 Å². The van der Waals surface area contributed by atoms with Gasteiger partial charge in [0.15, 0.2) is 5.69 Å². The van der Waals surface area contributed by atoms with Gasteiger partial charge in [-0.05, 0) is 55.9 Å². The number of aryl methyl sites for hydroxylation is 1. The van der Waals surface area contributed by atoms with Crippen molar-refractivity contribution in [2.75, 3.05) is 11.9 Å². The number of fused-ring (bicyclic) bond motifs is 1. The number of nitrogens with zero attached hydrogens (tertiary/aromatic N) is 3. The molecular weight excluding hydrogens is 417 g/mol. The maximum Gasteiger partial charge on any atom is 0.434 e. The predicted molar refractivity (Wildman–Crippen MR) is 118 cm³/mol. The average molecular weight is 445 g/mol. The van der Waals surface area contributed by atoms with Crippen LogP contribution in [0.5, 0.6) is 0 Å². The van der Waals surface area contributed by atoms with Gasteiger partial charge in [-0.1, -0.05) is 31.2 Å². The minimum atomic E-state index is -4.48. The molecule has 1 fully saturated rings. The Balaban J connectivity index is 1.42. The van der Waals surface area contributed by atoms with E-state index in [9.17, 15) is 18.0 Å². The standard InChI is InChI=1S/C24H27F3N4O/c1-3-16-7-4-5-8-19(16)23(32)28-17-11-13-18(14-12-17)30(2)22-10-6-9-21-29-20(15-31(21)22)24(25,26)27/h4-10,15,17-18H,3,11-14H2,1-2H3,(H,28,32). The van der Waals surface area contributed by atoms with Crippen LogP contribution in [0.4, 0.5) is 19.0 Å². The van der Waals surface area contributed by atoms with Crippen molar-refractivity contribution in [2.24, 2.45) is 0 Å². The van der Waals surface area contributed by atoms with Crippen LogP contribution in [-0.2, 0) is 12.6 Å². The van der Waals surface area contributed by atoms with E-state index in [2.05, 4.69) is 10.3 Å². The van der Waals surface area contributed by atoms with Crippen LogP contribution in [0.15, 0.2) is 48.7 Å². The van der Waals surface area contributed by atoms with Gasteiger partial charge in [0.2, 0.25) is 0 Å². The van der Waals surface area contributed by atoms with Crippen molar-refractivity contribution in [1.82, 2.24) is 14.7 Å². The highest BCUT2D eigenvalue weighted by Gasteiger charge is 2.34. The summed E-state index contributed by atoms with van der Waals surface area (Å²) in [6.45, 7) is 2.03. The molecule has 1 saturated carbocycles. The van der Waals surface area contributed by atoms with Gasteiger partial charge >= 0.3 is 6.18 Å². The molecule has 3 aromatic rings. The van der Waals surface area contributed by atoms with Crippen molar-refractivity contribution in [3.8, 4) is 0 Å². The number of nitrogens with one attached hydrogen (secondary N) is 1. The Morgan fingerprint density at radius 2 is 1.84 bits per heavy atom. The summed E-state index contributed by atoms with van der Waals surface area (Å²) in [7, 11) is 1.91. The molecule has 0 aliphatic heterocycles. The number of carbonyl (C=O) groups is 1. The second-order valence-electron chi connectivity index (χ2n) is 8.34. The molecule has 2 heterocycles. The van der Waals surface area contributed by atoms with Crippen molar-refractivity contribution >= 4 is 17.4 Å². The summed E-state index contributed by atoms with van der Waals surface area (Å²) >= 11 is 0. The zero-order chi connectivity index (χ0) is 22.9. The number of imidazole rings is 1. The summed E-state index contributed by atoms with van der Waals surface area (Å²) in [6, 6.07) is 13.0. The molecule has 0 unspecified atom stereocenters. The molecule has 4 rings (SSSR count). The summed E-state index contributed by atoms with van der Waals surface area (Å²) < 4.78 is 40.8. The van der Waals surface area contributed by atoms with Crippen LogP contribution < -0.4 is 10.2 Å². The number of benzene rings is 1. The zero-order valence-corrected chi connectivity index (χ0v) is 18.2. The van der Waals surface area contributed by atoms with Gasteiger partial charge in [-0.15, -0.1) is 0 Å². The summed E-state index contributed by atoms with van der Waals surface area (Å²) in [6.07, 6.45) is 0.706. The monoisotopic (exact) mass is 444 g/mol. The molecule has 0 saturated heterocycles. The normalized spacial score (nSPS) is 19.2. The summed E-state index contributed by atoms with van der Waals surface area (Å²) in [5, 5.41) is 3.16. The topological polar surface area (TPSA) is 49.6 Å². The Kier molecular flexibility index (Phi) is 6.13. The molecule has 5 nitrogen and oxygen atoms in total. The Morgan fingerprint density at radius 3 is 2.53 bits per heavy atom. The molecular formula is C24H27F3N4O. The molecule has 1 N–H and O–H groups in total. The van der Waals surface area contributed by atoms with Crippen LogP contribution in [0.1, 0.15) is 54.2 Å². The van der Waals surface area contributed by atoms with Gasteiger partial charge in [0.1, 0.15) is 11.5 Å². The first kappa shape index (κ1) is 22.2. The third-order valence-corrected chi connectivity index (χ3v) is 6.34. The smallest absolute Gasteiger partial charge is 0.358 e. The lowest BCUT2D eigenvalue weighted by molar-refractivity contribution is -0.140. The zero-order valence-electron chi connectivity index (χ0n) is 18.2. The summed E-state index contributed by atoms with van der Waals surface area (Å²) in [4.78, 5) is 18.5. The van der Waals surface area contributed by atoms with E-state index in [1.54, 1.807) is 12.1 Å². The van der Waals surface area contributed by atoms with Crippen LogP contribution in [0.25, 0.3) is 5.65 Å². The predicted octanol–water partition coefficient (Wildman–Crippen LogP) is 5.09. The van der Waals surface area contributed by atoms with Crippen LogP contribution in [0.2, 0.25) is 0 Å². The van der Waals surface area contributed by atoms with Gasteiger partial charge in [-0.2, -0.15) is 13.2 Å². The Hall–Kier alpha value is -3.03. The number of aromatic nitrogens is 2. The number of alkyl halides is 3.